The van der Waals surface area contributed by atoms with Crippen LogP contribution in [0.2, 0.25) is 10.2 Å². The number of aryl methyl sites for hydroxylation is 2. The summed E-state index contributed by atoms with van der Waals surface area (Å²) in [7, 11) is 0. The standard InChI is InChI=1S/C14H14Cl2N2/c1-4-11-9(3)17-14(18-13(11)16)12-6-5-10(15)7-8(12)2/h5-7H,4H2,1-3H3. The molecule has 0 unspecified atom stereocenters. The van der Waals surface area contributed by atoms with E-state index in [0.29, 0.717) is 16.0 Å². The van der Waals surface area contributed by atoms with Crippen molar-refractivity contribution in [2.24, 2.45) is 0 Å². The van der Waals surface area contributed by atoms with E-state index in [2.05, 4.69) is 9.97 Å². The zero-order valence-electron chi connectivity index (χ0n) is 10.6. The van der Waals surface area contributed by atoms with Gasteiger partial charge in [-0.25, -0.2) is 9.97 Å². The molecule has 0 radical (unpaired) electrons. The fourth-order valence-corrected chi connectivity index (χ4v) is 2.54. The minimum absolute atomic E-state index is 0.536. The van der Waals surface area contributed by atoms with E-state index in [4.69, 9.17) is 23.2 Å². The quantitative estimate of drug-likeness (QED) is 0.750. The van der Waals surface area contributed by atoms with E-state index in [-0.39, 0.29) is 0 Å². The summed E-state index contributed by atoms with van der Waals surface area (Å²) in [6, 6.07) is 5.66. The molecule has 0 fully saturated rings. The lowest BCUT2D eigenvalue weighted by Crippen LogP contribution is -2.00. The van der Waals surface area contributed by atoms with Gasteiger partial charge in [-0.05, 0) is 44.0 Å². The summed E-state index contributed by atoms with van der Waals surface area (Å²) in [5.41, 5.74) is 3.95. The summed E-state index contributed by atoms with van der Waals surface area (Å²) in [4.78, 5) is 8.90. The van der Waals surface area contributed by atoms with Gasteiger partial charge in [0, 0.05) is 21.8 Å². The lowest BCUT2D eigenvalue weighted by Gasteiger charge is -2.09. The first kappa shape index (κ1) is 13.3. The van der Waals surface area contributed by atoms with Crippen LogP contribution in [-0.2, 0) is 6.42 Å². The normalized spacial score (nSPS) is 10.7. The highest BCUT2D eigenvalue weighted by molar-refractivity contribution is 6.31. The van der Waals surface area contributed by atoms with Crippen LogP contribution in [0.4, 0.5) is 0 Å². The first-order chi connectivity index (χ1) is 8.52. The zero-order valence-corrected chi connectivity index (χ0v) is 12.1. The van der Waals surface area contributed by atoms with Crippen molar-refractivity contribution in [3.05, 3.63) is 45.2 Å². The molecule has 18 heavy (non-hydrogen) atoms. The molecule has 0 N–H and O–H groups in total. The van der Waals surface area contributed by atoms with Gasteiger partial charge < -0.3 is 0 Å². The maximum absolute atomic E-state index is 6.19. The highest BCUT2D eigenvalue weighted by Crippen LogP contribution is 2.26. The van der Waals surface area contributed by atoms with Gasteiger partial charge in [0.1, 0.15) is 5.15 Å². The van der Waals surface area contributed by atoms with Crippen molar-refractivity contribution in [3.8, 4) is 11.4 Å². The van der Waals surface area contributed by atoms with Crippen LogP contribution < -0.4 is 0 Å². The van der Waals surface area contributed by atoms with Gasteiger partial charge in [-0.3, -0.25) is 0 Å². The van der Waals surface area contributed by atoms with E-state index < -0.39 is 0 Å². The fourth-order valence-electron chi connectivity index (χ4n) is 1.96. The largest absolute Gasteiger partial charge is 0.233 e. The van der Waals surface area contributed by atoms with Crippen molar-refractivity contribution in [3.63, 3.8) is 0 Å². The van der Waals surface area contributed by atoms with Gasteiger partial charge in [-0.1, -0.05) is 30.1 Å². The third kappa shape index (κ3) is 2.50. The smallest absolute Gasteiger partial charge is 0.161 e. The molecule has 0 aliphatic heterocycles. The maximum atomic E-state index is 6.19. The molecular formula is C14H14Cl2N2. The number of rotatable bonds is 2. The van der Waals surface area contributed by atoms with Gasteiger partial charge in [0.2, 0.25) is 0 Å². The van der Waals surface area contributed by atoms with Crippen LogP contribution in [0.1, 0.15) is 23.7 Å². The van der Waals surface area contributed by atoms with Crippen LogP contribution in [0.5, 0.6) is 0 Å². The van der Waals surface area contributed by atoms with E-state index in [1.165, 1.54) is 0 Å². The molecule has 0 atom stereocenters. The van der Waals surface area contributed by atoms with E-state index in [1.54, 1.807) is 0 Å². The molecule has 1 heterocycles. The molecule has 0 aliphatic rings. The Bertz CT molecular complexity index is 571. The predicted octanol–water partition coefficient (Wildman–Crippen LogP) is 4.63. The Labute approximate surface area is 117 Å². The third-order valence-corrected chi connectivity index (χ3v) is 3.49. The molecule has 4 heteroatoms. The van der Waals surface area contributed by atoms with Crippen LogP contribution in [-0.4, -0.2) is 9.97 Å². The molecule has 2 rings (SSSR count). The number of aromatic nitrogens is 2. The Morgan fingerprint density at radius 2 is 1.83 bits per heavy atom. The summed E-state index contributed by atoms with van der Waals surface area (Å²) in [6.07, 6.45) is 0.838. The number of nitrogens with zero attached hydrogens (tertiary/aromatic N) is 2. The SMILES string of the molecule is CCc1c(C)nc(-c2ccc(Cl)cc2C)nc1Cl. The molecule has 0 amide bonds. The number of hydrogen-bond acceptors (Lipinski definition) is 2. The van der Waals surface area contributed by atoms with Gasteiger partial charge in [0.25, 0.3) is 0 Å². The lowest BCUT2D eigenvalue weighted by molar-refractivity contribution is 1.00. The van der Waals surface area contributed by atoms with E-state index in [1.807, 2.05) is 39.0 Å². The van der Waals surface area contributed by atoms with Gasteiger partial charge >= 0.3 is 0 Å². The van der Waals surface area contributed by atoms with Crippen molar-refractivity contribution in [1.82, 2.24) is 9.97 Å². The Balaban J connectivity index is 2.58. The molecule has 94 valence electrons. The molecule has 2 aromatic rings. The van der Waals surface area contributed by atoms with Crippen molar-refractivity contribution in [1.29, 1.82) is 0 Å². The second kappa shape index (κ2) is 5.25. The maximum Gasteiger partial charge on any atom is 0.161 e. The van der Waals surface area contributed by atoms with Crippen LogP contribution in [0.25, 0.3) is 11.4 Å². The topological polar surface area (TPSA) is 25.8 Å². The minimum Gasteiger partial charge on any atom is -0.233 e. The fraction of sp³-hybridized carbons (Fsp3) is 0.286. The Morgan fingerprint density at radius 1 is 1.11 bits per heavy atom. The Hall–Kier alpha value is -1.12. The van der Waals surface area contributed by atoms with Gasteiger partial charge in [0.15, 0.2) is 5.82 Å². The van der Waals surface area contributed by atoms with Crippen molar-refractivity contribution >= 4 is 23.2 Å². The summed E-state index contributed by atoms with van der Waals surface area (Å²) >= 11 is 12.1. The van der Waals surface area contributed by atoms with Crippen LogP contribution in [0.15, 0.2) is 18.2 Å². The molecular weight excluding hydrogens is 267 g/mol. The molecule has 0 aliphatic carbocycles. The second-order valence-corrected chi connectivity index (χ2v) is 5.01. The highest BCUT2D eigenvalue weighted by Gasteiger charge is 2.11. The van der Waals surface area contributed by atoms with E-state index in [0.717, 1.165) is 28.8 Å². The molecule has 1 aromatic carbocycles. The molecule has 1 aromatic heterocycles. The molecule has 0 saturated carbocycles. The lowest BCUT2D eigenvalue weighted by atomic mass is 10.1. The average molecular weight is 281 g/mol. The monoisotopic (exact) mass is 280 g/mol. The summed E-state index contributed by atoms with van der Waals surface area (Å²) in [5, 5.41) is 1.25. The summed E-state index contributed by atoms with van der Waals surface area (Å²) in [6.45, 7) is 5.99. The van der Waals surface area contributed by atoms with Gasteiger partial charge in [-0.15, -0.1) is 0 Å². The third-order valence-electron chi connectivity index (χ3n) is 2.95. The first-order valence-electron chi connectivity index (χ1n) is 5.82. The molecule has 0 bridgehead atoms. The van der Waals surface area contributed by atoms with E-state index >= 15 is 0 Å². The van der Waals surface area contributed by atoms with Crippen LogP contribution in [0.3, 0.4) is 0 Å². The minimum atomic E-state index is 0.536. The van der Waals surface area contributed by atoms with Crippen LogP contribution >= 0.6 is 23.2 Å². The molecule has 0 spiro atoms. The Morgan fingerprint density at radius 3 is 2.39 bits per heavy atom. The van der Waals surface area contributed by atoms with Crippen molar-refractivity contribution in [2.75, 3.05) is 0 Å². The number of benzene rings is 1. The summed E-state index contributed by atoms with van der Waals surface area (Å²) in [5.74, 6) is 0.656. The van der Waals surface area contributed by atoms with E-state index in [9.17, 15) is 0 Å². The summed E-state index contributed by atoms with van der Waals surface area (Å²) < 4.78 is 0. The van der Waals surface area contributed by atoms with Gasteiger partial charge in [0.05, 0.1) is 0 Å². The first-order valence-corrected chi connectivity index (χ1v) is 6.58. The second-order valence-electron chi connectivity index (χ2n) is 4.21. The molecule has 0 saturated heterocycles. The predicted molar refractivity (Wildman–Crippen MR) is 76.3 cm³/mol. The number of halogens is 2. The van der Waals surface area contributed by atoms with Crippen molar-refractivity contribution in [2.45, 2.75) is 27.2 Å². The van der Waals surface area contributed by atoms with Crippen molar-refractivity contribution < 1.29 is 0 Å². The number of hydrogen-bond donors (Lipinski definition) is 0. The average Bonchev–Trinajstić information content (AvgIpc) is 2.28. The van der Waals surface area contributed by atoms with Crippen LogP contribution in [0, 0.1) is 13.8 Å². The Kier molecular flexibility index (Phi) is 3.88. The highest BCUT2D eigenvalue weighted by atomic mass is 35.5. The zero-order chi connectivity index (χ0) is 13.3. The van der Waals surface area contributed by atoms with Gasteiger partial charge in [-0.2, -0.15) is 0 Å². The molecule has 2 nitrogen and oxygen atoms in total.